The Morgan fingerprint density at radius 3 is 2.19 bits per heavy atom. The van der Waals surface area contributed by atoms with Crippen molar-refractivity contribution in [2.24, 2.45) is 0 Å². The van der Waals surface area contributed by atoms with Crippen LogP contribution in [0.5, 0.6) is 0 Å². The van der Waals surface area contributed by atoms with E-state index in [2.05, 4.69) is 57.1 Å². The molecule has 0 spiro atoms. The molecular formula is C14H17NO. The Balaban J connectivity index is 2.35. The van der Waals surface area contributed by atoms with E-state index < -0.39 is 0 Å². The summed E-state index contributed by atoms with van der Waals surface area (Å²) in [6.45, 7) is 8.46. The number of aromatic nitrogens is 1. The van der Waals surface area contributed by atoms with Crippen LogP contribution in [0.2, 0.25) is 0 Å². The van der Waals surface area contributed by atoms with Crippen molar-refractivity contribution in [1.29, 1.82) is 0 Å². The van der Waals surface area contributed by atoms with E-state index in [9.17, 15) is 0 Å². The first-order chi connectivity index (χ1) is 7.47. The van der Waals surface area contributed by atoms with Crippen LogP contribution in [0.25, 0.3) is 11.3 Å². The third kappa shape index (κ3) is 2.16. The van der Waals surface area contributed by atoms with E-state index in [-0.39, 0.29) is 5.41 Å². The smallest absolute Gasteiger partial charge is 0.167 e. The molecule has 1 aromatic heterocycles. The Bertz CT molecular complexity index is 474. The summed E-state index contributed by atoms with van der Waals surface area (Å²) in [5.41, 5.74) is 3.35. The van der Waals surface area contributed by atoms with Crippen molar-refractivity contribution >= 4 is 0 Å². The molecule has 0 aliphatic carbocycles. The molecule has 2 heteroatoms. The number of aryl methyl sites for hydroxylation is 1. The Morgan fingerprint density at radius 2 is 1.69 bits per heavy atom. The molecular weight excluding hydrogens is 198 g/mol. The number of benzene rings is 1. The largest absolute Gasteiger partial charge is 0.356 e. The molecule has 0 aliphatic rings. The molecule has 0 amide bonds. The summed E-state index contributed by atoms with van der Waals surface area (Å²) in [4.78, 5) is 0. The summed E-state index contributed by atoms with van der Waals surface area (Å²) >= 11 is 0. The summed E-state index contributed by atoms with van der Waals surface area (Å²) in [5, 5.41) is 4.11. The molecule has 0 atom stereocenters. The first-order valence-electron chi connectivity index (χ1n) is 5.51. The molecule has 1 aromatic carbocycles. The van der Waals surface area contributed by atoms with Crippen molar-refractivity contribution in [1.82, 2.24) is 5.16 Å². The lowest BCUT2D eigenvalue weighted by Crippen LogP contribution is -2.10. The third-order valence-electron chi connectivity index (χ3n) is 2.61. The highest BCUT2D eigenvalue weighted by atomic mass is 16.5. The second-order valence-electron chi connectivity index (χ2n) is 5.19. The van der Waals surface area contributed by atoms with Crippen molar-refractivity contribution in [2.75, 3.05) is 0 Å². The second kappa shape index (κ2) is 3.78. The van der Waals surface area contributed by atoms with Gasteiger partial charge in [0, 0.05) is 17.0 Å². The average molecular weight is 215 g/mol. The molecule has 84 valence electrons. The molecule has 1 heterocycles. The Labute approximate surface area is 96.3 Å². The van der Waals surface area contributed by atoms with Crippen molar-refractivity contribution in [3.8, 4) is 11.3 Å². The van der Waals surface area contributed by atoms with Gasteiger partial charge >= 0.3 is 0 Å². The maximum Gasteiger partial charge on any atom is 0.167 e. The van der Waals surface area contributed by atoms with Crippen molar-refractivity contribution in [3.63, 3.8) is 0 Å². The number of hydrogen-bond donors (Lipinski definition) is 0. The minimum atomic E-state index is 0.0342. The van der Waals surface area contributed by atoms with E-state index in [1.165, 1.54) is 5.56 Å². The summed E-state index contributed by atoms with van der Waals surface area (Å²) < 4.78 is 5.37. The molecule has 0 saturated heterocycles. The van der Waals surface area contributed by atoms with E-state index in [1.54, 1.807) is 0 Å². The molecule has 0 bridgehead atoms. The van der Waals surface area contributed by atoms with Gasteiger partial charge in [0.15, 0.2) is 5.76 Å². The predicted molar refractivity (Wildman–Crippen MR) is 65.4 cm³/mol. The van der Waals surface area contributed by atoms with E-state index in [0.29, 0.717) is 0 Å². The topological polar surface area (TPSA) is 26.0 Å². The highest BCUT2D eigenvalue weighted by Gasteiger charge is 2.19. The molecule has 2 rings (SSSR count). The van der Waals surface area contributed by atoms with Crippen molar-refractivity contribution < 1.29 is 4.52 Å². The molecule has 0 radical (unpaired) electrons. The lowest BCUT2D eigenvalue weighted by atomic mass is 9.92. The quantitative estimate of drug-likeness (QED) is 0.720. The number of rotatable bonds is 1. The van der Waals surface area contributed by atoms with Crippen LogP contribution in [-0.2, 0) is 5.41 Å². The lowest BCUT2D eigenvalue weighted by molar-refractivity contribution is 0.402. The van der Waals surface area contributed by atoms with Gasteiger partial charge in [-0.1, -0.05) is 55.8 Å². The highest BCUT2D eigenvalue weighted by molar-refractivity contribution is 5.58. The third-order valence-corrected chi connectivity index (χ3v) is 2.61. The summed E-state index contributed by atoms with van der Waals surface area (Å²) in [6.07, 6.45) is 0. The fourth-order valence-corrected chi connectivity index (χ4v) is 1.48. The Hall–Kier alpha value is -1.57. The molecule has 0 fully saturated rings. The Morgan fingerprint density at radius 1 is 1.06 bits per heavy atom. The van der Waals surface area contributed by atoms with Crippen LogP contribution < -0.4 is 0 Å². The molecule has 2 aromatic rings. The van der Waals surface area contributed by atoms with Crippen LogP contribution in [0.3, 0.4) is 0 Å². The monoisotopic (exact) mass is 215 g/mol. The van der Waals surface area contributed by atoms with Crippen molar-refractivity contribution in [3.05, 3.63) is 41.6 Å². The fourth-order valence-electron chi connectivity index (χ4n) is 1.48. The van der Waals surface area contributed by atoms with Crippen LogP contribution in [0, 0.1) is 6.92 Å². The van der Waals surface area contributed by atoms with E-state index in [4.69, 9.17) is 4.52 Å². The van der Waals surface area contributed by atoms with E-state index in [1.807, 2.05) is 6.07 Å². The minimum Gasteiger partial charge on any atom is -0.356 e. The summed E-state index contributed by atoms with van der Waals surface area (Å²) in [6, 6.07) is 10.3. The minimum absolute atomic E-state index is 0.0342. The van der Waals surface area contributed by atoms with Gasteiger partial charge in [0.25, 0.3) is 0 Å². The summed E-state index contributed by atoms with van der Waals surface area (Å²) in [5.74, 6) is 0.838. The predicted octanol–water partition coefficient (Wildman–Crippen LogP) is 3.95. The van der Waals surface area contributed by atoms with E-state index >= 15 is 0 Å². The van der Waals surface area contributed by atoms with Gasteiger partial charge in [0.1, 0.15) is 0 Å². The average Bonchev–Trinajstić information content (AvgIpc) is 2.67. The van der Waals surface area contributed by atoms with Crippen LogP contribution in [0.1, 0.15) is 32.0 Å². The van der Waals surface area contributed by atoms with Crippen LogP contribution >= 0.6 is 0 Å². The molecule has 2 nitrogen and oxygen atoms in total. The molecule has 0 N–H and O–H groups in total. The molecule has 0 saturated carbocycles. The maximum absolute atomic E-state index is 5.37. The van der Waals surface area contributed by atoms with E-state index in [0.717, 1.165) is 17.0 Å². The highest BCUT2D eigenvalue weighted by Crippen LogP contribution is 2.27. The zero-order valence-corrected chi connectivity index (χ0v) is 10.2. The first kappa shape index (κ1) is 10.9. The molecule has 16 heavy (non-hydrogen) atoms. The Kier molecular flexibility index (Phi) is 2.58. The fraction of sp³-hybridized carbons (Fsp3) is 0.357. The van der Waals surface area contributed by atoms with Gasteiger partial charge in [-0.25, -0.2) is 0 Å². The number of nitrogens with zero attached hydrogens (tertiary/aromatic N) is 1. The normalized spacial score (nSPS) is 11.8. The van der Waals surface area contributed by atoms with Crippen LogP contribution in [0.4, 0.5) is 0 Å². The van der Waals surface area contributed by atoms with Gasteiger partial charge in [-0.15, -0.1) is 0 Å². The zero-order valence-electron chi connectivity index (χ0n) is 10.2. The molecule has 0 unspecified atom stereocenters. The standard InChI is InChI=1S/C14H17NO/c1-10-5-7-11(8-6-10)12-9-13(15-16-12)14(2,3)4/h5-9H,1-4H3. The van der Waals surface area contributed by atoms with Crippen LogP contribution in [0.15, 0.2) is 34.9 Å². The van der Waals surface area contributed by atoms with Gasteiger partial charge in [0.2, 0.25) is 0 Å². The summed E-state index contributed by atoms with van der Waals surface area (Å²) in [7, 11) is 0. The van der Waals surface area contributed by atoms with Crippen molar-refractivity contribution in [2.45, 2.75) is 33.1 Å². The molecule has 0 aliphatic heterocycles. The van der Waals surface area contributed by atoms with Gasteiger partial charge in [0.05, 0.1) is 5.69 Å². The second-order valence-corrected chi connectivity index (χ2v) is 5.19. The lowest BCUT2D eigenvalue weighted by Gasteiger charge is -2.12. The number of hydrogen-bond acceptors (Lipinski definition) is 2. The SMILES string of the molecule is Cc1ccc(-c2cc(C(C)(C)C)no2)cc1. The zero-order chi connectivity index (χ0) is 11.8. The van der Waals surface area contributed by atoms with Gasteiger partial charge in [-0.2, -0.15) is 0 Å². The van der Waals surface area contributed by atoms with Gasteiger partial charge < -0.3 is 4.52 Å². The first-order valence-corrected chi connectivity index (χ1v) is 5.51. The van der Waals surface area contributed by atoms with Gasteiger partial charge in [-0.3, -0.25) is 0 Å². The van der Waals surface area contributed by atoms with Gasteiger partial charge in [-0.05, 0) is 6.92 Å². The van der Waals surface area contributed by atoms with Crippen LogP contribution in [-0.4, -0.2) is 5.16 Å². The maximum atomic E-state index is 5.37.